The number of thiophene rings is 1. The van der Waals surface area contributed by atoms with E-state index in [2.05, 4.69) is 0 Å². The highest BCUT2D eigenvalue weighted by Gasteiger charge is 2.37. The standard InChI is InChI=1S/C17H13Cl2NO4S3/c18-14-7-9-15(10-8-14)26(21,22)20(12-13-4-1-2-5-16(13)19)27(23,24)17-6-3-11-25-17/h1-11H,12H2. The third-order valence-electron chi connectivity index (χ3n) is 3.65. The fourth-order valence-electron chi connectivity index (χ4n) is 2.30. The van der Waals surface area contributed by atoms with E-state index in [4.69, 9.17) is 23.2 Å². The van der Waals surface area contributed by atoms with Gasteiger partial charge in [0.1, 0.15) is 4.21 Å². The molecule has 0 aliphatic heterocycles. The maximum Gasteiger partial charge on any atom is 0.266 e. The van der Waals surface area contributed by atoms with E-state index in [0.717, 1.165) is 11.3 Å². The second-order valence-electron chi connectivity index (χ2n) is 5.42. The number of hydrogen-bond donors (Lipinski definition) is 0. The molecule has 1 heterocycles. The average molecular weight is 462 g/mol. The third kappa shape index (κ3) is 4.21. The first-order valence-corrected chi connectivity index (χ1v) is 12.0. The van der Waals surface area contributed by atoms with Gasteiger partial charge in [0.25, 0.3) is 20.0 Å². The first-order chi connectivity index (χ1) is 12.7. The predicted molar refractivity (Wildman–Crippen MR) is 107 cm³/mol. The molecule has 0 aliphatic rings. The van der Waals surface area contributed by atoms with Gasteiger partial charge in [0.05, 0.1) is 11.4 Å². The lowest BCUT2D eigenvalue weighted by molar-refractivity contribution is 0.496. The van der Waals surface area contributed by atoms with Crippen molar-refractivity contribution in [2.45, 2.75) is 15.6 Å². The van der Waals surface area contributed by atoms with Crippen LogP contribution in [0.5, 0.6) is 0 Å². The molecule has 0 amide bonds. The van der Waals surface area contributed by atoms with Gasteiger partial charge in [0, 0.05) is 10.0 Å². The van der Waals surface area contributed by atoms with Crippen LogP contribution in [0.4, 0.5) is 0 Å². The van der Waals surface area contributed by atoms with Crippen molar-refractivity contribution in [3.63, 3.8) is 0 Å². The Morgan fingerprint density at radius 3 is 2.07 bits per heavy atom. The van der Waals surface area contributed by atoms with Gasteiger partial charge < -0.3 is 0 Å². The summed E-state index contributed by atoms with van der Waals surface area (Å²) >= 11 is 12.9. The summed E-state index contributed by atoms with van der Waals surface area (Å²) in [5.74, 6) is 0. The molecule has 0 atom stereocenters. The summed E-state index contributed by atoms with van der Waals surface area (Å²) in [5, 5.41) is 2.18. The molecule has 0 aliphatic carbocycles. The van der Waals surface area contributed by atoms with Crippen molar-refractivity contribution in [1.82, 2.24) is 3.71 Å². The lowest BCUT2D eigenvalue weighted by atomic mass is 10.2. The maximum absolute atomic E-state index is 13.2. The van der Waals surface area contributed by atoms with E-state index >= 15 is 0 Å². The Morgan fingerprint density at radius 2 is 1.48 bits per heavy atom. The Morgan fingerprint density at radius 1 is 0.815 bits per heavy atom. The molecule has 27 heavy (non-hydrogen) atoms. The molecular weight excluding hydrogens is 449 g/mol. The molecule has 10 heteroatoms. The van der Waals surface area contributed by atoms with Gasteiger partial charge in [-0.15, -0.1) is 11.3 Å². The Labute approximate surface area is 171 Å². The minimum Gasteiger partial charge on any atom is -0.206 e. The molecule has 5 nitrogen and oxygen atoms in total. The molecule has 3 aromatic rings. The number of nitrogens with zero attached hydrogens (tertiary/aromatic N) is 1. The van der Waals surface area contributed by atoms with Crippen LogP contribution < -0.4 is 0 Å². The molecule has 0 N–H and O–H groups in total. The summed E-state index contributed by atoms with van der Waals surface area (Å²) < 4.78 is 52.9. The monoisotopic (exact) mass is 461 g/mol. The summed E-state index contributed by atoms with van der Waals surface area (Å²) in [6.07, 6.45) is 0. The highest BCUT2D eigenvalue weighted by molar-refractivity contribution is 8.04. The SMILES string of the molecule is O=S(=O)(c1ccc(Cl)cc1)N(Cc1ccccc1Cl)S(=O)(=O)c1cccs1. The molecule has 0 bridgehead atoms. The fraction of sp³-hybridized carbons (Fsp3) is 0.0588. The van der Waals surface area contributed by atoms with Crippen molar-refractivity contribution in [3.8, 4) is 0 Å². The van der Waals surface area contributed by atoms with E-state index < -0.39 is 26.6 Å². The molecule has 0 fully saturated rings. The van der Waals surface area contributed by atoms with Gasteiger partial charge in [0.15, 0.2) is 0 Å². The van der Waals surface area contributed by atoms with E-state index in [1.807, 2.05) is 0 Å². The molecule has 2 aromatic carbocycles. The van der Waals surface area contributed by atoms with Gasteiger partial charge in [-0.2, -0.15) is 0 Å². The van der Waals surface area contributed by atoms with Crippen LogP contribution in [0.25, 0.3) is 0 Å². The molecule has 1 aromatic heterocycles. The molecular formula is C17H13Cl2NO4S3. The molecule has 0 unspecified atom stereocenters. The van der Waals surface area contributed by atoms with Crippen LogP contribution in [0.1, 0.15) is 5.56 Å². The summed E-state index contributed by atoms with van der Waals surface area (Å²) in [7, 11) is -8.70. The van der Waals surface area contributed by atoms with E-state index in [-0.39, 0.29) is 14.1 Å². The second kappa shape index (κ2) is 7.90. The smallest absolute Gasteiger partial charge is 0.206 e. The number of hydrogen-bond acceptors (Lipinski definition) is 5. The van der Waals surface area contributed by atoms with Crippen LogP contribution in [0.3, 0.4) is 0 Å². The van der Waals surface area contributed by atoms with Crippen LogP contribution >= 0.6 is 34.5 Å². The normalized spacial score (nSPS) is 12.4. The lowest BCUT2D eigenvalue weighted by Crippen LogP contribution is -2.36. The van der Waals surface area contributed by atoms with Crippen molar-refractivity contribution in [3.05, 3.63) is 81.7 Å². The molecule has 0 saturated carbocycles. The van der Waals surface area contributed by atoms with Gasteiger partial charge in [-0.3, -0.25) is 0 Å². The summed E-state index contributed by atoms with van der Waals surface area (Å²) in [6, 6.07) is 14.7. The van der Waals surface area contributed by atoms with Gasteiger partial charge in [0.2, 0.25) is 0 Å². The minimum absolute atomic E-state index is 0.0768. The zero-order valence-corrected chi connectivity index (χ0v) is 17.6. The van der Waals surface area contributed by atoms with Crippen molar-refractivity contribution < 1.29 is 16.8 Å². The fourth-order valence-corrected chi connectivity index (χ4v) is 7.45. The van der Waals surface area contributed by atoms with Crippen molar-refractivity contribution in [2.75, 3.05) is 0 Å². The lowest BCUT2D eigenvalue weighted by Gasteiger charge is -2.22. The molecule has 0 radical (unpaired) electrons. The maximum atomic E-state index is 13.2. The van der Waals surface area contributed by atoms with E-state index in [1.54, 1.807) is 35.7 Å². The number of rotatable bonds is 6. The first-order valence-electron chi connectivity index (χ1n) is 7.53. The van der Waals surface area contributed by atoms with Gasteiger partial charge in [-0.05, 0) is 47.3 Å². The van der Waals surface area contributed by atoms with Crippen molar-refractivity contribution >= 4 is 54.6 Å². The van der Waals surface area contributed by atoms with E-state index in [0.29, 0.717) is 14.3 Å². The summed E-state index contributed by atoms with van der Waals surface area (Å²) in [4.78, 5) is -0.181. The van der Waals surface area contributed by atoms with Crippen LogP contribution in [0.2, 0.25) is 10.0 Å². The second-order valence-corrected chi connectivity index (χ2v) is 11.4. The molecule has 0 spiro atoms. The quantitative estimate of drug-likeness (QED) is 0.535. The van der Waals surface area contributed by atoms with Crippen molar-refractivity contribution in [2.24, 2.45) is 0 Å². The van der Waals surface area contributed by atoms with Crippen LogP contribution in [-0.4, -0.2) is 20.5 Å². The Balaban J connectivity index is 2.15. The summed E-state index contributed by atoms with van der Waals surface area (Å²) in [5.41, 5.74) is 0.372. The Kier molecular flexibility index (Phi) is 5.95. The Bertz CT molecular complexity index is 1140. The average Bonchev–Trinajstić information content (AvgIpc) is 3.16. The predicted octanol–water partition coefficient (Wildman–Crippen LogP) is 4.63. The zero-order valence-electron chi connectivity index (χ0n) is 13.6. The summed E-state index contributed by atoms with van der Waals surface area (Å²) in [6.45, 7) is -0.426. The number of benzene rings is 2. The van der Waals surface area contributed by atoms with E-state index in [9.17, 15) is 16.8 Å². The topological polar surface area (TPSA) is 71.5 Å². The van der Waals surface area contributed by atoms with Gasteiger partial charge in [-0.1, -0.05) is 51.2 Å². The number of halogens is 2. The molecule has 3 rings (SSSR count). The highest BCUT2D eigenvalue weighted by Crippen LogP contribution is 2.30. The molecule has 142 valence electrons. The van der Waals surface area contributed by atoms with Crippen LogP contribution in [0.15, 0.2) is 75.1 Å². The highest BCUT2D eigenvalue weighted by atomic mass is 35.5. The van der Waals surface area contributed by atoms with Crippen LogP contribution in [-0.2, 0) is 26.6 Å². The minimum atomic E-state index is -4.38. The van der Waals surface area contributed by atoms with E-state index in [1.165, 1.54) is 30.3 Å². The third-order valence-corrected chi connectivity index (χ3v) is 9.88. The van der Waals surface area contributed by atoms with Crippen LogP contribution in [0, 0.1) is 0 Å². The van der Waals surface area contributed by atoms with Gasteiger partial charge in [-0.25, -0.2) is 16.8 Å². The molecule has 0 saturated heterocycles. The Hall–Kier alpha value is -1.42. The number of sulfonamides is 2. The van der Waals surface area contributed by atoms with Gasteiger partial charge >= 0.3 is 0 Å². The first kappa shape index (κ1) is 20.3. The van der Waals surface area contributed by atoms with Crippen molar-refractivity contribution in [1.29, 1.82) is 0 Å². The largest absolute Gasteiger partial charge is 0.266 e. The zero-order chi connectivity index (χ0) is 19.7.